The summed E-state index contributed by atoms with van der Waals surface area (Å²) >= 11 is 0. The molecule has 4 nitrogen and oxygen atoms in total. The Labute approximate surface area is 102 Å². The van der Waals surface area contributed by atoms with Gasteiger partial charge in [-0.3, -0.25) is 4.79 Å². The van der Waals surface area contributed by atoms with E-state index >= 15 is 0 Å². The van der Waals surface area contributed by atoms with Crippen molar-refractivity contribution in [1.29, 1.82) is 0 Å². The zero-order valence-electron chi connectivity index (χ0n) is 10.1. The lowest BCUT2D eigenvalue weighted by molar-refractivity contribution is -0.142. The van der Waals surface area contributed by atoms with E-state index in [1.807, 2.05) is 30.3 Å². The van der Waals surface area contributed by atoms with E-state index < -0.39 is 0 Å². The normalized spacial score (nSPS) is 9.94. The summed E-state index contributed by atoms with van der Waals surface area (Å²) in [5.41, 5.74) is 0. The molecule has 0 aliphatic rings. The van der Waals surface area contributed by atoms with Gasteiger partial charge in [0.05, 0.1) is 13.0 Å². The standard InChI is InChI=1S/C13H19NO3/c1-2-16-13(15)8-9-14-10-11-17-12-6-4-3-5-7-12/h3-7,14H,2,8-11H2,1H3. The highest BCUT2D eigenvalue weighted by Crippen LogP contribution is 2.07. The second-order valence-corrected chi connectivity index (χ2v) is 3.47. The largest absolute Gasteiger partial charge is 0.492 e. The molecule has 0 radical (unpaired) electrons. The maximum atomic E-state index is 11.0. The number of nitrogens with one attached hydrogen (secondary N) is 1. The average Bonchev–Trinajstić information content (AvgIpc) is 2.35. The predicted molar refractivity (Wildman–Crippen MR) is 66.1 cm³/mol. The molecule has 0 saturated carbocycles. The predicted octanol–water partition coefficient (Wildman–Crippen LogP) is 1.61. The zero-order chi connectivity index (χ0) is 12.3. The highest BCUT2D eigenvalue weighted by molar-refractivity contribution is 5.69. The Morgan fingerprint density at radius 1 is 1.24 bits per heavy atom. The number of rotatable bonds is 8. The summed E-state index contributed by atoms with van der Waals surface area (Å²) in [7, 11) is 0. The smallest absolute Gasteiger partial charge is 0.307 e. The van der Waals surface area contributed by atoms with Crippen molar-refractivity contribution in [3.05, 3.63) is 30.3 Å². The fourth-order valence-electron chi connectivity index (χ4n) is 1.31. The van der Waals surface area contributed by atoms with Gasteiger partial charge < -0.3 is 14.8 Å². The van der Waals surface area contributed by atoms with Crippen molar-refractivity contribution in [2.24, 2.45) is 0 Å². The third kappa shape index (κ3) is 6.58. The molecule has 0 bridgehead atoms. The summed E-state index contributed by atoms with van der Waals surface area (Å²) in [6.07, 6.45) is 0.402. The number of carbonyl (C=O) groups excluding carboxylic acids is 1. The van der Waals surface area contributed by atoms with Gasteiger partial charge in [0.2, 0.25) is 0 Å². The number of carbonyl (C=O) groups is 1. The van der Waals surface area contributed by atoms with E-state index in [1.165, 1.54) is 0 Å². The van der Waals surface area contributed by atoms with Gasteiger partial charge in [-0.2, -0.15) is 0 Å². The van der Waals surface area contributed by atoms with Crippen molar-refractivity contribution in [3.63, 3.8) is 0 Å². The van der Waals surface area contributed by atoms with Crippen molar-refractivity contribution in [2.75, 3.05) is 26.3 Å². The summed E-state index contributed by atoms with van der Waals surface area (Å²) in [5, 5.41) is 3.12. The minimum atomic E-state index is -0.163. The van der Waals surface area contributed by atoms with Crippen molar-refractivity contribution >= 4 is 5.97 Å². The Morgan fingerprint density at radius 2 is 2.00 bits per heavy atom. The molecule has 0 heterocycles. The summed E-state index contributed by atoms with van der Waals surface area (Å²) in [6.45, 7) is 4.17. The van der Waals surface area contributed by atoms with Gasteiger partial charge in [0.15, 0.2) is 0 Å². The Bertz CT molecular complexity index is 314. The van der Waals surface area contributed by atoms with Crippen LogP contribution in [-0.2, 0) is 9.53 Å². The lowest BCUT2D eigenvalue weighted by atomic mass is 10.3. The van der Waals surface area contributed by atoms with E-state index in [2.05, 4.69) is 5.32 Å². The van der Waals surface area contributed by atoms with E-state index in [1.54, 1.807) is 6.92 Å². The van der Waals surface area contributed by atoms with Crippen molar-refractivity contribution < 1.29 is 14.3 Å². The first-order valence-electron chi connectivity index (χ1n) is 5.87. The van der Waals surface area contributed by atoms with E-state index in [9.17, 15) is 4.79 Å². The molecule has 17 heavy (non-hydrogen) atoms. The van der Waals surface area contributed by atoms with Gasteiger partial charge in [0.1, 0.15) is 12.4 Å². The number of benzene rings is 1. The second-order valence-electron chi connectivity index (χ2n) is 3.47. The second kappa shape index (κ2) is 8.58. The molecule has 1 aromatic carbocycles. The fourth-order valence-corrected chi connectivity index (χ4v) is 1.31. The van der Waals surface area contributed by atoms with E-state index in [0.29, 0.717) is 32.7 Å². The molecule has 94 valence electrons. The van der Waals surface area contributed by atoms with Crippen LogP contribution in [0.1, 0.15) is 13.3 Å². The van der Waals surface area contributed by atoms with Gasteiger partial charge in [-0.25, -0.2) is 0 Å². The number of hydrogen-bond donors (Lipinski definition) is 1. The number of para-hydroxylation sites is 1. The lowest BCUT2D eigenvalue weighted by Crippen LogP contribution is -2.24. The van der Waals surface area contributed by atoms with Crippen LogP contribution in [0.15, 0.2) is 30.3 Å². The molecule has 0 saturated heterocycles. The Hall–Kier alpha value is -1.55. The minimum Gasteiger partial charge on any atom is -0.492 e. The molecule has 1 aromatic rings. The zero-order valence-corrected chi connectivity index (χ0v) is 10.1. The average molecular weight is 237 g/mol. The third-order valence-electron chi connectivity index (χ3n) is 2.10. The molecule has 0 atom stereocenters. The Kier molecular flexibility index (Phi) is 6.82. The van der Waals surface area contributed by atoms with Crippen LogP contribution in [0.3, 0.4) is 0 Å². The van der Waals surface area contributed by atoms with Gasteiger partial charge in [-0.15, -0.1) is 0 Å². The molecule has 0 fully saturated rings. The molecule has 0 aromatic heterocycles. The molecule has 1 N–H and O–H groups in total. The van der Waals surface area contributed by atoms with Crippen LogP contribution in [0.2, 0.25) is 0 Å². The number of esters is 1. The van der Waals surface area contributed by atoms with E-state index in [-0.39, 0.29) is 5.97 Å². The number of ether oxygens (including phenoxy) is 2. The van der Waals surface area contributed by atoms with Gasteiger partial charge >= 0.3 is 5.97 Å². The topological polar surface area (TPSA) is 47.6 Å². The minimum absolute atomic E-state index is 0.163. The summed E-state index contributed by atoms with van der Waals surface area (Å²) in [6, 6.07) is 9.65. The Morgan fingerprint density at radius 3 is 2.71 bits per heavy atom. The molecule has 0 spiro atoms. The number of hydrogen-bond acceptors (Lipinski definition) is 4. The van der Waals surface area contributed by atoms with Crippen LogP contribution < -0.4 is 10.1 Å². The highest BCUT2D eigenvalue weighted by atomic mass is 16.5. The molecule has 0 aliphatic heterocycles. The van der Waals surface area contributed by atoms with Crippen LogP contribution in [-0.4, -0.2) is 32.3 Å². The maximum Gasteiger partial charge on any atom is 0.307 e. The van der Waals surface area contributed by atoms with Crippen LogP contribution in [0.25, 0.3) is 0 Å². The van der Waals surface area contributed by atoms with Gasteiger partial charge in [-0.1, -0.05) is 18.2 Å². The SMILES string of the molecule is CCOC(=O)CCNCCOc1ccccc1. The quantitative estimate of drug-likeness (QED) is 0.551. The first-order valence-corrected chi connectivity index (χ1v) is 5.87. The summed E-state index contributed by atoms with van der Waals surface area (Å²) in [5.74, 6) is 0.698. The maximum absolute atomic E-state index is 11.0. The first kappa shape index (κ1) is 13.5. The van der Waals surface area contributed by atoms with Gasteiger partial charge in [0.25, 0.3) is 0 Å². The van der Waals surface area contributed by atoms with Crippen molar-refractivity contribution in [3.8, 4) is 5.75 Å². The lowest BCUT2D eigenvalue weighted by Gasteiger charge is -2.07. The van der Waals surface area contributed by atoms with Crippen LogP contribution in [0.5, 0.6) is 5.75 Å². The third-order valence-corrected chi connectivity index (χ3v) is 2.10. The van der Waals surface area contributed by atoms with Crippen molar-refractivity contribution in [1.82, 2.24) is 5.32 Å². The monoisotopic (exact) mass is 237 g/mol. The van der Waals surface area contributed by atoms with Crippen LogP contribution in [0, 0.1) is 0 Å². The summed E-state index contributed by atoms with van der Waals surface area (Å²) in [4.78, 5) is 11.0. The molecule has 4 heteroatoms. The van der Waals surface area contributed by atoms with Crippen LogP contribution >= 0.6 is 0 Å². The molecule has 1 rings (SSSR count). The van der Waals surface area contributed by atoms with E-state index in [0.717, 1.165) is 5.75 Å². The molecule has 0 unspecified atom stereocenters. The van der Waals surface area contributed by atoms with Gasteiger partial charge in [-0.05, 0) is 19.1 Å². The molecular weight excluding hydrogens is 218 g/mol. The first-order chi connectivity index (χ1) is 8.33. The Balaban J connectivity index is 1.96. The van der Waals surface area contributed by atoms with E-state index in [4.69, 9.17) is 9.47 Å². The van der Waals surface area contributed by atoms with Crippen molar-refractivity contribution in [2.45, 2.75) is 13.3 Å². The van der Waals surface area contributed by atoms with Crippen LogP contribution in [0.4, 0.5) is 0 Å². The fraction of sp³-hybridized carbons (Fsp3) is 0.462. The highest BCUT2D eigenvalue weighted by Gasteiger charge is 1.99. The molecule has 0 aliphatic carbocycles. The summed E-state index contributed by atoms with van der Waals surface area (Å²) < 4.78 is 10.3. The molecule has 0 amide bonds. The van der Waals surface area contributed by atoms with Gasteiger partial charge in [0, 0.05) is 13.1 Å². The molecular formula is C13H19NO3.